The van der Waals surface area contributed by atoms with E-state index in [4.69, 9.17) is 0 Å². The summed E-state index contributed by atoms with van der Waals surface area (Å²) in [5.41, 5.74) is 1.79. The summed E-state index contributed by atoms with van der Waals surface area (Å²) in [6.07, 6.45) is 4.35. The third-order valence-electron chi connectivity index (χ3n) is 3.24. The predicted octanol–water partition coefficient (Wildman–Crippen LogP) is 3.83. The minimum absolute atomic E-state index is 0.116. The molecule has 0 spiro atoms. The zero-order valence-corrected chi connectivity index (χ0v) is 13.2. The van der Waals surface area contributed by atoms with Gasteiger partial charge in [0.05, 0.1) is 17.3 Å². The number of hydrogen-bond acceptors (Lipinski definition) is 3. The molecule has 5 heteroatoms. The van der Waals surface area contributed by atoms with E-state index in [2.05, 4.69) is 32.9 Å². The Hall–Kier alpha value is -2.01. The van der Waals surface area contributed by atoms with Crippen molar-refractivity contribution >= 4 is 32.6 Å². The maximum atomic E-state index is 12.6. The van der Waals surface area contributed by atoms with Crippen molar-refractivity contribution in [1.82, 2.24) is 14.8 Å². The fourth-order valence-corrected chi connectivity index (χ4v) is 2.73. The van der Waals surface area contributed by atoms with Crippen LogP contribution in [0, 0.1) is 0 Å². The first-order chi connectivity index (χ1) is 10.2. The molecule has 4 nitrogen and oxygen atoms in total. The SMILES string of the molecule is CCCn1cc(C(=O)c2nc3ccccc3cc2Br)cn1. The Labute approximate surface area is 130 Å². The number of fused-ring (bicyclic) bond motifs is 1. The highest BCUT2D eigenvalue weighted by atomic mass is 79.9. The van der Waals surface area contributed by atoms with Gasteiger partial charge in [-0.25, -0.2) is 4.98 Å². The average molecular weight is 344 g/mol. The molecule has 0 fully saturated rings. The summed E-state index contributed by atoms with van der Waals surface area (Å²) >= 11 is 3.44. The molecule has 21 heavy (non-hydrogen) atoms. The average Bonchev–Trinajstić information content (AvgIpc) is 2.95. The van der Waals surface area contributed by atoms with Crippen LogP contribution in [0.1, 0.15) is 29.4 Å². The highest BCUT2D eigenvalue weighted by Crippen LogP contribution is 2.23. The number of ketones is 1. The monoisotopic (exact) mass is 343 g/mol. The van der Waals surface area contributed by atoms with Gasteiger partial charge in [0, 0.05) is 22.6 Å². The molecule has 0 aliphatic heterocycles. The lowest BCUT2D eigenvalue weighted by molar-refractivity contribution is 0.103. The zero-order chi connectivity index (χ0) is 14.8. The molecule has 0 atom stereocenters. The van der Waals surface area contributed by atoms with E-state index in [1.165, 1.54) is 0 Å². The van der Waals surface area contributed by atoms with Crippen molar-refractivity contribution in [2.24, 2.45) is 0 Å². The molecule has 3 aromatic rings. The second-order valence-corrected chi connectivity index (χ2v) is 5.69. The van der Waals surface area contributed by atoms with E-state index >= 15 is 0 Å². The predicted molar refractivity (Wildman–Crippen MR) is 85.4 cm³/mol. The molecular weight excluding hydrogens is 330 g/mol. The molecule has 0 N–H and O–H groups in total. The van der Waals surface area contributed by atoms with Crippen molar-refractivity contribution < 1.29 is 4.79 Å². The van der Waals surface area contributed by atoms with Crippen molar-refractivity contribution in [3.63, 3.8) is 0 Å². The van der Waals surface area contributed by atoms with E-state index in [0.29, 0.717) is 15.7 Å². The van der Waals surface area contributed by atoms with Gasteiger partial charge in [0.25, 0.3) is 0 Å². The molecule has 0 saturated carbocycles. The van der Waals surface area contributed by atoms with Gasteiger partial charge in [-0.05, 0) is 34.5 Å². The molecule has 0 unspecified atom stereocenters. The molecule has 0 aliphatic carbocycles. The highest BCUT2D eigenvalue weighted by Gasteiger charge is 2.17. The van der Waals surface area contributed by atoms with Crippen LogP contribution in [0.5, 0.6) is 0 Å². The van der Waals surface area contributed by atoms with Crippen LogP contribution in [0.2, 0.25) is 0 Å². The number of halogens is 1. The van der Waals surface area contributed by atoms with Gasteiger partial charge in [-0.3, -0.25) is 9.48 Å². The Morgan fingerprint density at radius 3 is 2.95 bits per heavy atom. The van der Waals surface area contributed by atoms with Crippen molar-refractivity contribution in [2.45, 2.75) is 19.9 Å². The largest absolute Gasteiger partial charge is 0.287 e. The van der Waals surface area contributed by atoms with Crippen LogP contribution >= 0.6 is 15.9 Å². The second kappa shape index (κ2) is 5.77. The number of benzene rings is 1. The van der Waals surface area contributed by atoms with Crippen molar-refractivity contribution in [3.05, 3.63) is 58.5 Å². The maximum Gasteiger partial charge on any atom is 0.215 e. The van der Waals surface area contributed by atoms with Crippen LogP contribution in [0.3, 0.4) is 0 Å². The van der Waals surface area contributed by atoms with Gasteiger partial charge in [-0.15, -0.1) is 0 Å². The number of carbonyl (C=O) groups excluding carboxylic acids is 1. The maximum absolute atomic E-state index is 12.6. The van der Waals surface area contributed by atoms with E-state index in [1.54, 1.807) is 17.1 Å². The molecule has 106 valence electrons. The number of para-hydroxylation sites is 1. The number of carbonyl (C=O) groups is 1. The summed E-state index contributed by atoms with van der Waals surface area (Å²) in [5.74, 6) is -0.116. The van der Waals surface area contributed by atoms with E-state index in [9.17, 15) is 4.79 Å². The van der Waals surface area contributed by atoms with Crippen molar-refractivity contribution in [1.29, 1.82) is 0 Å². The topological polar surface area (TPSA) is 47.8 Å². The Balaban J connectivity index is 2.02. The number of rotatable bonds is 4. The van der Waals surface area contributed by atoms with Gasteiger partial charge in [-0.2, -0.15) is 5.10 Å². The second-order valence-electron chi connectivity index (χ2n) is 4.83. The van der Waals surface area contributed by atoms with Crippen molar-refractivity contribution in [2.75, 3.05) is 0 Å². The number of hydrogen-bond donors (Lipinski definition) is 0. The first-order valence-electron chi connectivity index (χ1n) is 6.81. The summed E-state index contributed by atoms with van der Waals surface area (Å²) in [7, 11) is 0. The standard InChI is InChI=1S/C16H14BrN3O/c1-2-7-20-10-12(9-18-20)16(21)15-13(17)8-11-5-3-4-6-14(11)19-15/h3-6,8-10H,2,7H2,1H3. The molecule has 2 aromatic heterocycles. The first kappa shape index (κ1) is 13.9. The lowest BCUT2D eigenvalue weighted by Crippen LogP contribution is -2.05. The van der Waals surface area contributed by atoms with Gasteiger partial charge >= 0.3 is 0 Å². The summed E-state index contributed by atoms with van der Waals surface area (Å²) in [6.45, 7) is 2.88. The highest BCUT2D eigenvalue weighted by molar-refractivity contribution is 9.10. The Bertz CT molecular complexity index is 810. The van der Waals surface area contributed by atoms with E-state index < -0.39 is 0 Å². The number of aromatic nitrogens is 3. The van der Waals surface area contributed by atoms with Gasteiger partial charge in [0.2, 0.25) is 5.78 Å². The van der Waals surface area contributed by atoms with Crippen LogP contribution in [0.15, 0.2) is 47.2 Å². The lowest BCUT2D eigenvalue weighted by atomic mass is 10.1. The Kier molecular flexibility index (Phi) is 3.84. The first-order valence-corrected chi connectivity index (χ1v) is 7.61. The molecule has 0 radical (unpaired) electrons. The summed E-state index contributed by atoms with van der Waals surface area (Å²) in [4.78, 5) is 17.1. The fourth-order valence-electron chi connectivity index (χ4n) is 2.22. The van der Waals surface area contributed by atoms with Crippen molar-refractivity contribution in [3.8, 4) is 0 Å². The quantitative estimate of drug-likeness (QED) is 0.676. The smallest absolute Gasteiger partial charge is 0.215 e. The molecule has 0 aliphatic rings. The van der Waals surface area contributed by atoms with Crippen LogP contribution in [-0.2, 0) is 6.54 Å². The van der Waals surface area contributed by atoms with E-state index in [0.717, 1.165) is 23.9 Å². The molecular formula is C16H14BrN3O. The Morgan fingerprint density at radius 1 is 1.33 bits per heavy atom. The third-order valence-corrected chi connectivity index (χ3v) is 3.85. The summed E-state index contributed by atoms with van der Waals surface area (Å²) in [6, 6.07) is 9.66. The van der Waals surface area contributed by atoms with Gasteiger partial charge in [0.15, 0.2) is 0 Å². The third kappa shape index (κ3) is 2.74. The minimum atomic E-state index is -0.116. The van der Waals surface area contributed by atoms with Crippen LogP contribution in [0.4, 0.5) is 0 Å². The zero-order valence-electron chi connectivity index (χ0n) is 11.6. The van der Waals surface area contributed by atoms with Gasteiger partial charge in [-0.1, -0.05) is 25.1 Å². The number of pyridine rings is 1. The summed E-state index contributed by atoms with van der Waals surface area (Å²) in [5, 5.41) is 5.20. The molecule has 1 aromatic carbocycles. The Morgan fingerprint density at radius 2 is 2.14 bits per heavy atom. The normalized spacial score (nSPS) is 11.0. The van der Waals surface area contributed by atoms with Gasteiger partial charge < -0.3 is 0 Å². The molecule has 0 amide bonds. The number of aryl methyl sites for hydroxylation is 1. The van der Waals surface area contributed by atoms with E-state index in [-0.39, 0.29) is 5.78 Å². The fraction of sp³-hybridized carbons (Fsp3) is 0.188. The van der Waals surface area contributed by atoms with Crippen LogP contribution in [0.25, 0.3) is 10.9 Å². The lowest BCUT2D eigenvalue weighted by Gasteiger charge is -2.04. The molecule has 3 rings (SSSR count). The minimum Gasteiger partial charge on any atom is -0.287 e. The van der Waals surface area contributed by atoms with Gasteiger partial charge in [0.1, 0.15) is 5.69 Å². The molecule has 0 saturated heterocycles. The molecule has 2 heterocycles. The summed E-state index contributed by atoms with van der Waals surface area (Å²) < 4.78 is 2.48. The van der Waals surface area contributed by atoms with Crippen LogP contribution < -0.4 is 0 Å². The van der Waals surface area contributed by atoms with E-state index in [1.807, 2.05) is 30.3 Å². The number of nitrogens with zero attached hydrogens (tertiary/aromatic N) is 3. The van der Waals surface area contributed by atoms with Crippen LogP contribution in [-0.4, -0.2) is 20.5 Å². The molecule has 0 bridgehead atoms.